The normalized spacial score (nSPS) is 11.5. The van der Waals surface area contributed by atoms with Crippen LogP contribution in [0.1, 0.15) is 25.0 Å². The van der Waals surface area contributed by atoms with E-state index in [1.54, 1.807) is 12.3 Å². The minimum Gasteiger partial charge on any atom is -0.506 e. The number of rotatable bonds is 5. The van der Waals surface area contributed by atoms with Crippen LogP contribution in [0.15, 0.2) is 85.1 Å². The average Bonchev–Trinajstić information content (AvgIpc) is 3.22. The first-order chi connectivity index (χ1) is 17.2. The molecule has 0 fully saturated rings. The van der Waals surface area contributed by atoms with E-state index in [4.69, 9.17) is 9.72 Å². The molecule has 0 aliphatic rings. The Kier molecular flexibility index (Phi) is 5.10. The number of benzene rings is 3. The number of aromatic nitrogens is 3. The van der Waals surface area contributed by atoms with Crippen molar-refractivity contribution in [2.75, 3.05) is 0 Å². The summed E-state index contributed by atoms with van der Waals surface area (Å²) in [5.74, 6) is 2.23. The summed E-state index contributed by atoms with van der Waals surface area (Å²) in [6, 6.07) is 26.3. The molecule has 3 heterocycles. The van der Waals surface area contributed by atoms with Crippen molar-refractivity contribution in [2.45, 2.75) is 26.7 Å². The van der Waals surface area contributed by atoms with Gasteiger partial charge in [0.15, 0.2) is 0 Å². The third kappa shape index (κ3) is 3.56. The smallest absolute Gasteiger partial charge is 0.223 e. The number of fused-ring (bicyclic) bond motifs is 4. The molecule has 172 valence electrons. The molecule has 0 unspecified atom stereocenters. The SMILES string of the molecule is CCc1cc(O)c2nc(Oc3ccc4c5ccccc5n(-c5ccccn5)c4c3)c(CC)cc2c1. The van der Waals surface area contributed by atoms with E-state index in [1.165, 1.54) is 0 Å². The van der Waals surface area contributed by atoms with Crippen molar-refractivity contribution in [3.8, 4) is 23.2 Å². The lowest BCUT2D eigenvalue weighted by atomic mass is 10.1. The van der Waals surface area contributed by atoms with Gasteiger partial charge in [-0.3, -0.25) is 4.57 Å². The molecule has 0 atom stereocenters. The molecule has 35 heavy (non-hydrogen) atoms. The molecule has 0 spiro atoms. The highest BCUT2D eigenvalue weighted by Crippen LogP contribution is 2.36. The van der Waals surface area contributed by atoms with Crippen LogP contribution in [-0.4, -0.2) is 19.6 Å². The van der Waals surface area contributed by atoms with E-state index in [-0.39, 0.29) is 5.75 Å². The molecule has 0 bridgehead atoms. The molecule has 3 aromatic carbocycles. The van der Waals surface area contributed by atoms with Crippen molar-refractivity contribution in [2.24, 2.45) is 0 Å². The summed E-state index contributed by atoms with van der Waals surface area (Å²) >= 11 is 0. The summed E-state index contributed by atoms with van der Waals surface area (Å²) in [6.45, 7) is 4.16. The fraction of sp³-hybridized carbons (Fsp3) is 0.133. The van der Waals surface area contributed by atoms with E-state index >= 15 is 0 Å². The molecule has 3 aromatic heterocycles. The molecule has 0 aliphatic carbocycles. The van der Waals surface area contributed by atoms with Gasteiger partial charge in [0.05, 0.1) is 11.0 Å². The maximum atomic E-state index is 10.6. The molecular weight excluding hydrogens is 434 g/mol. The van der Waals surface area contributed by atoms with Crippen LogP contribution in [0, 0.1) is 0 Å². The van der Waals surface area contributed by atoms with Gasteiger partial charge in [-0.1, -0.05) is 38.1 Å². The highest BCUT2D eigenvalue weighted by molar-refractivity contribution is 6.09. The molecule has 0 aliphatic heterocycles. The summed E-state index contributed by atoms with van der Waals surface area (Å²) < 4.78 is 8.52. The van der Waals surface area contributed by atoms with E-state index in [0.29, 0.717) is 17.1 Å². The summed E-state index contributed by atoms with van der Waals surface area (Å²) in [4.78, 5) is 9.33. The van der Waals surface area contributed by atoms with Gasteiger partial charge in [0.1, 0.15) is 22.8 Å². The number of phenols is 1. The number of aromatic hydroxyl groups is 1. The first-order valence-electron chi connectivity index (χ1n) is 11.9. The molecule has 6 aromatic rings. The van der Waals surface area contributed by atoms with Crippen LogP contribution in [0.5, 0.6) is 17.4 Å². The van der Waals surface area contributed by atoms with Gasteiger partial charge in [0, 0.05) is 34.0 Å². The predicted octanol–water partition coefficient (Wildman–Crippen LogP) is 7.35. The van der Waals surface area contributed by atoms with Crippen molar-refractivity contribution in [1.82, 2.24) is 14.5 Å². The second-order valence-corrected chi connectivity index (χ2v) is 8.67. The Morgan fingerprint density at radius 2 is 1.66 bits per heavy atom. The largest absolute Gasteiger partial charge is 0.506 e. The van der Waals surface area contributed by atoms with Gasteiger partial charge in [-0.15, -0.1) is 0 Å². The third-order valence-corrected chi connectivity index (χ3v) is 6.52. The molecule has 6 rings (SSSR count). The van der Waals surface area contributed by atoms with Gasteiger partial charge in [0.2, 0.25) is 5.88 Å². The van der Waals surface area contributed by atoms with Crippen molar-refractivity contribution in [3.63, 3.8) is 0 Å². The van der Waals surface area contributed by atoms with Crippen molar-refractivity contribution in [1.29, 1.82) is 0 Å². The number of nitrogens with zero attached hydrogens (tertiary/aromatic N) is 3. The summed E-state index contributed by atoms with van der Waals surface area (Å²) in [6.07, 6.45) is 3.43. The Balaban J connectivity index is 1.51. The fourth-order valence-corrected chi connectivity index (χ4v) is 4.76. The minimum atomic E-state index is 0.178. The topological polar surface area (TPSA) is 60.2 Å². The van der Waals surface area contributed by atoms with Gasteiger partial charge >= 0.3 is 0 Å². The molecule has 0 saturated carbocycles. The van der Waals surface area contributed by atoms with Crippen LogP contribution in [0.2, 0.25) is 0 Å². The van der Waals surface area contributed by atoms with E-state index in [2.05, 4.69) is 59.8 Å². The van der Waals surface area contributed by atoms with Crippen LogP contribution in [0.4, 0.5) is 0 Å². The molecule has 0 amide bonds. The van der Waals surface area contributed by atoms with Crippen molar-refractivity contribution >= 4 is 32.7 Å². The van der Waals surface area contributed by atoms with E-state index < -0.39 is 0 Å². The van der Waals surface area contributed by atoms with E-state index in [0.717, 1.165) is 57.0 Å². The van der Waals surface area contributed by atoms with Crippen LogP contribution < -0.4 is 4.74 Å². The summed E-state index contributed by atoms with van der Waals surface area (Å²) in [7, 11) is 0. The van der Waals surface area contributed by atoms with Gasteiger partial charge in [-0.25, -0.2) is 9.97 Å². The number of hydrogen-bond acceptors (Lipinski definition) is 4. The lowest BCUT2D eigenvalue weighted by Gasteiger charge is -2.13. The van der Waals surface area contributed by atoms with Crippen LogP contribution >= 0.6 is 0 Å². The highest BCUT2D eigenvalue weighted by Gasteiger charge is 2.16. The summed E-state index contributed by atoms with van der Waals surface area (Å²) in [5.41, 5.74) is 4.73. The number of hydrogen-bond donors (Lipinski definition) is 1. The van der Waals surface area contributed by atoms with Gasteiger partial charge in [-0.05, 0) is 66.9 Å². The maximum Gasteiger partial charge on any atom is 0.223 e. The fourth-order valence-electron chi connectivity index (χ4n) is 4.76. The monoisotopic (exact) mass is 459 g/mol. The maximum absolute atomic E-state index is 10.6. The lowest BCUT2D eigenvalue weighted by Crippen LogP contribution is -1.98. The summed E-state index contributed by atoms with van der Waals surface area (Å²) in [5, 5.41) is 13.8. The second-order valence-electron chi connectivity index (χ2n) is 8.67. The van der Waals surface area contributed by atoms with Crippen molar-refractivity contribution in [3.05, 3.63) is 96.2 Å². The van der Waals surface area contributed by atoms with E-state index in [9.17, 15) is 5.11 Å². The van der Waals surface area contributed by atoms with Gasteiger partial charge in [0.25, 0.3) is 0 Å². The molecule has 1 N–H and O–H groups in total. The zero-order valence-corrected chi connectivity index (χ0v) is 19.7. The molecule has 5 heteroatoms. The molecule has 0 radical (unpaired) electrons. The second kappa shape index (κ2) is 8.44. The van der Waals surface area contributed by atoms with Crippen LogP contribution in [0.25, 0.3) is 38.5 Å². The number of ether oxygens (including phenoxy) is 1. The lowest BCUT2D eigenvalue weighted by molar-refractivity contribution is 0.455. The highest BCUT2D eigenvalue weighted by atomic mass is 16.5. The van der Waals surface area contributed by atoms with Crippen molar-refractivity contribution < 1.29 is 9.84 Å². The van der Waals surface area contributed by atoms with Crippen LogP contribution in [-0.2, 0) is 12.8 Å². The minimum absolute atomic E-state index is 0.178. The number of aryl methyl sites for hydroxylation is 2. The zero-order chi connectivity index (χ0) is 23.9. The first kappa shape index (κ1) is 21.2. The van der Waals surface area contributed by atoms with E-state index in [1.807, 2.05) is 36.4 Å². The average molecular weight is 460 g/mol. The van der Waals surface area contributed by atoms with Gasteiger partial charge in [-0.2, -0.15) is 0 Å². The predicted molar refractivity (Wildman–Crippen MR) is 141 cm³/mol. The Morgan fingerprint density at radius 1 is 0.829 bits per heavy atom. The Morgan fingerprint density at radius 3 is 2.46 bits per heavy atom. The molecule has 5 nitrogen and oxygen atoms in total. The Labute approximate surface area is 203 Å². The third-order valence-electron chi connectivity index (χ3n) is 6.52. The molecular formula is C30H25N3O2. The van der Waals surface area contributed by atoms with Gasteiger partial charge < -0.3 is 9.84 Å². The molecule has 0 saturated heterocycles. The Hall–Kier alpha value is -4.38. The standard InChI is InChI=1S/C30H25N3O2/c1-3-19-15-21-17-20(4-2)30(32-29(21)27(34)16-19)35-22-12-13-24-23-9-5-6-10-25(23)33(26(24)18-22)28-11-7-8-14-31-28/h5-18,34H,3-4H2,1-2H3. The van der Waals surface area contributed by atoms with Crippen LogP contribution in [0.3, 0.4) is 0 Å². The number of phenolic OH excluding ortho intramolecular Hbond substituents is 1. The number of para-hydroxylation sites is 1. The Bertz CT molecular complexity index is 1700. The zero-order valence-electron chi connectivity index (χ0n) is 19.7. The number of pyridine rings is 2. The quantitative estimate of drug-likeness (QED) is 0.293. The first-order valence-corrected chi connectivity index (χ1v) is 11.9.